The van der Waals surface area contributed by atoms with E-state index < -0.39 is 93.0 Å². The van der Waals surface area contributed by atoms with Gasteiger partial charge < -0.3 is 23.8 Å². The average molecular weight is 575 g/mol. The van der Waals surface area contributed by atoms with Gasteiger partial charge in [0, 0.05) is 12.5 Å². The highest BCUT2D eigenvalue weighted by Crippen LogP contribution is 3.02. The van der Waals surface area contributed by atoms with Crippen LogP contribution in [-0.2, 0) is 30.3 Å². The normalized spacial score (nSPS) is 18.1. The second-order valence-corrected chi connectivity index (χ2v) is 9.62. The number of hydrogen-bond donors (Lipinski definition) is 0. The molecule has 37 heavy (non-hydrogen) atoms. The minimum atomic E-state index is -10.3. The first-order valence-electron chi connectivity index (χ1n) is 9.80. The number of carbonyl (C=O) groups is 2. The van der Waals surface area contributed by atoms with Crippen molar-refractivity contribution in [2.45, 2.75) is 43.7 Å². The molecule has 0 saturated heterocycles. The third-order valence-electron chi connectivity index (χ3n) is 4.39. The lowest BCUT2D eigenvalue weighted by Crippen LogP contribution is -2.41. The summed E-state index contributed by atoms with van der Waals surface area (Å²) in [4.78, 5) is 35.2. The van der Waals surface area contributed by atoms with E-state index in [4.69, 9.17) is 4.74 Å². The molecular formula is C18H17F8NO9S. The third-order valence-corrected chi connectivity index (χ3v) is 5.52. The minimum absolute atomic E-state index is 0.0246. The van der Waals surface area contributed by atoms with Crippen molar-refractivity contribution in [1.29, 1.82) is 0 Å². The van der Waals surface area contributed by atoms with Crippen LogP contribution in [0.2, 0.25) is 0 Å². The highest BCUT2D eigenvalue weighted by molar-refractivity contribution is 8.45. The van der Waals surface area contributed by atoms with Gasteiger partial charge in [0.1, 0.15) is 23.9 Å². The largest absolute Gasteiger partial charge is 0.511 e. The maximum atomic E-state index is 13.6. The molecule has 0 amide bonds. The monoisotopic (exact) mass is 575 g/mol. The molecular weight excluding hydrogens is 558 g/mol. The van der Waals surface area contributed by atoms with Gasteiger partial charge in [-0.15, -0.1) is 10.1 Å². The van der Waals surface area contributed by atoms with E-state index in [1.54, 1.807) is 0 Å². The zero-order chi connectivity index (χ0) is 28.5. The van der Waals surface area contributed by atoms with Crippen molar-refractivity contribution < 1.29 is 71.1 Å². The summed E-state index contributed by atoms with van der Waals surface area (Å²) >= 11 is 0. The van der Waals surface area contributed by atoms with Gasteiger partial charge in [-0.05, 0) is 30.2 Å². The quantitative estimate of drug-likeness (QED) is 0.0889. The van der Waals surface area contributed by atoms with Crippen LogP contribution in [0.5, 0.6) is 5.75 Å². The molecule has 2 atom stereocenters. The molecule has 1 aromatic rings. The summed E-state index contributed by atoms with van der Waals surface area (Å²) in [6, 6.07) is -0.177. The molecule has 0 bridgehead atoms. The molecule has 0 radical (unpaired) electrons. The highest BCUT2D eigenvalue weighted by Gasteiger charge is 2.66. The van der Waals surface area contributed by atoms with Gasteiger partial charge in [0.2, 0.25) is 12.4 Å². The number of fused-ring (bicyclic) bond motifs is 1. The Labute approximate surface area is 201 Å². The Kier molecular flexibility index (Phi) is 7.56. The molecule has 0 spiro atoms. The molecule has 1 aliphatic heterocycles. The summed E-state index contributed by atoms with van der Waals surface area (Å²) in [5.74, 6) is -2.67. The van der Waals surface area contributed by atoms with Crippen LogP contribution in [0.25, 0.3) is 6.08 Å². The molecule has 0 saturated carbocycles. The van der Waals surface area contributed by atoms with Gasteiger partial charge in [-0.25, -0.2) is 9.59 Å². The van der Waals surface area contributed by atoms with Crippen molar-refractivity contribution in [3.8, 4) is 5.75 Å². The van der Waals surface area contributed by atoms with Crippen LogP contribution in [0.3, 0.4) is 0 Å². The van der Waals surface area contributed by atoms with Gasteiger partial charge in [-0.2, -0.15) is 13.2 Å². The molecule has 0 aromatic heterocycles. The van der Waals surface area contributed by atoms with Crippen LogP contribution in [0.4, 0.5) is 37.4 Å². The van der Waals surface area contributed by atoms with Crippen LogP contribution in [0.1, 0.15) is 25.0 Å². The maximum absolute atomic E-state index is 13.6. The van der Waals surface area contributed by atoms with E-state index in [2.05, 4.69) is 19.0 Å². The van der Waals surface area contributed by atoms with E-state index in [9.17, 15) is 52.3 Å². The van der Waals surface area contributed by atoms with Crippen molar-refractivity contribution in [2.24, 2.45) is 0 Å². The second kappa shape index (κ2) is 9.42. The van der Waals surface area contributed by atoms with Gasteiger partial charge in [-0.1, -0.05) is 26.4 Å². The predicted octanol–water partition coefficient (Wildman–Crippen LogP) is 5.86. The van der Waals surface area contributed by atoms with Crippen molar-refractivity contribution in [1.82, 2.24) is 0 Å². The van der Waals surface area contributed by atoms with Gasteiger partial charge in [-0.3, -0.25) is 0 Å². The molecule has 10 nitrogen and oxygen atoms in total. The smallest absolute Gasteiger partial charge is 0.475 e. The van der Waals surface area contributed by atoms with Crippen molar-refractivity contribution in [2.75, 3.05) is 13.2 Å². The Morgan fingerprint density at radius 1 is 1.14 bits per heavy atom. The topological polar surface area (TPSA) is 123 Å². The summed E-state index contributed by atoms with van der Waals surface area (Å²) in [6.07, 6.45) is -12.1. The number of hydrogen-bond acceptors (Lipinski definition) is 9. The molecule has 2 rings (SSSR count). The fourth-order valence-corrected chi connectivity index (χ4v) is 3.62. The summed E-state index contributed by atoms with van der Waals surface area (Å²) in [5, 5.41) is 8.77. The Hall–Kier alpha value is -3.51. The summed E-state index contributed by atoms with van der Waals surface area (Å²) in [6.45, 7) is 0.634. The summed E-state index contributed by atoms with van der Waals surface area (Å²) < 4.78 is 126. The fraction of sp³-hybridized carbons (Fsp3) is 0.444. The molecule has 19 heteroatoms. The van der Waals surface area contributed by atoms with E-state index in [-0.39, 0.29) is 18.2 Å². The van der Waals surface area contributed by atoms with Crippen LogP contribution in [0, 0.1) is 10.1 Å². The average Bonchev–Trinajstić information content (AvgIpc) is 2.72. The number of halogens is 8. The van der Waals surface area contributed by atoms with Crippen molar-refractivity contribution in [3.63, 3.8) is 0 Å². The van der Waals surface area contributed by atoms with E-state index >= 15 is 0 Å². The second-order valence-electron chi connectivity index (χ2n) is 7.21. The SMILES string of the molecule is CCc1cc(S(F)(F)(F)(F)F)cc2c1OC(C(F)(F)F)C(C(=O)OC(C)OC(=O)OCCO[N+](=O)[O-])=C2. The van der Waals surface area contributed by atoms with Crippen LogP contribution in [0.15, 0.2) is 22.6 Å². The van der Waals surface area contributed by atoms with Gasteiger partial charge >= 0.3 is 28.5 Å². The maximum Gasteiger partial charge on any atom is 0.511 e. The van der Waals surface area contributed by atoms with Gasteiger partial charge in [0.15, 0.2) is 0 Å². The number of esters is 1. The molecule has 1 heterocycles. The predicted molar refractivity (Wildman–Crippen MR) is 107 cm³/mol. The lowest BCUT2D eigenvalue weighted by molar-refractivity contribution is -0.757. The molecule has 0 aliphatic carbocycles. The Morgan fingerprint density at radius 2 is 1.76 bits per heavy atom. The zero-order valence-corrected chi connectivity index (χ0v) is 19.4. The molecule has 0 N–H and O–H groups in total. The van der Waals surface area contributed by atoms with Crippen LogP contribution in [-0.4, -0.2) is 49.0 Å². The first kappa shape index (κ1) is 29.7. The molecule has 210 valence electrons. The van der Waals surface area contributed by atoms with E-state index in [1.807, 2.05) is 0 Å². The minimum Gasteiger partial charge on any atom is -0.475 e. The van der Waals surface area contributed by atoms with Crippen molar-refractivity contribution >= 4 is 28.4 Å². The number of carbonyl (C=O) groups excluding carboxylic acids is 2. The third kappa shape index (κ3) is 7.99. The number of rotatable bonds is 9. The van der Waals surface area contributed by atoms with E-state index in [0.717, 1.165) is 6.92 Å². The van der Waals surface area contributed by atoms with Crippen LogP contribution < -0.4 is 4.74 Å². The number of alkyl halides is 3. The first-order chi connectivity index (χ1) is 16.6. The highest BCUT2D eigenvalue weighted by atomic mass is 32.5. The molecule has 2 unspecified atom stereocenters. The lowest BCUT2D eigenvalue weighted by atomic mass is 9.98. The Balaban J connectivity index is 2.34. The Morgan fingerprint density at radius 3 is 2.27 bits per heavy atom. The molecule has 1 aliphatic rings. The number of ether oxygens (including phenoxy) is 4. The van der Waals surface area contributed by atoms with Crippen molar-refractivity contribution in [3.05, 3.63) is 38.9 Å². The molecule has 0 fully saturated rings. The zero-order valence-electron chi connectivity index (χ0n) is 18.6. The number of aryl methyl sites for hydroxylation is 1. The van der Waals surface area contributed by atoms with Gasteiger partial charge in [0.05, 0.1) is 5.57 Å². The first-order valence-corrected chi connectivity index (χ1v) is 11.7. The summed E-state index contributed by atoms with van der Waals surface area (Å²) in [7, 11) is -10.3. The molecule has 1 aromatic carbocycles. The standard InChI is InChI=1S/C18H17F8NO9S/c1-3-10-6-12(37(22,23,24,25)26)7-11-8-13(15(18(19,20)21)36-14(10)11)16(28)34-9(2)35-17(29)32-4-5-33-27(30)31/h6-9,15H,3-5H2,1-2H3. The van der Waals surface area contributed by atoms with Gasteiger partial charge in [0.25, 0.3) is 5.09 Å². The fourth-order valence-electron chi connectivity index (χ4n) is 2.90. The lowest BCUT2D eigenvalue weighted by Gasteiger charge is -2.41. The number of nitrogens with zero attached hydrogens (tertiary/aromatic N) is 1. The Bertz CT molecular complexity index is 1120. The van der Waals surface area contributed by atoms with E-state index in [0.29, 0.717) is 0 Å². The summed E-state index contributed by atoms with van der Waals surface area (Å²) in [5.41, 5.74) is -2.95. The van der Waals surface area contributed by atoms with Crippen LogP contribution >= 0.6 is 10.2 Å². The number of benzene rings is 1. The van der Waals surface area contributed by atoms with E-state index in [1.165, 1.54) is 6.92 Å².